The van der Waals surface area contributed by atoms with Crippen LogP contribution < -0.4 is 14.7 Å². The lowest BCUT2D eigenvalue weighted by atomic mass is 9.91. The van der Waals surface area contributed by atoms with Gasteiger partial charge >= 0.3 is 0 Å². The van der Waals surface area contributed by atoms with E-state index in [0.29, 0.717) is 0 Å². The molecule has 0 fully saturated rings. The van der Waals surface area contributed by atoms with Crippen molar-refractivity contribution in [2.75, 3.05) is 14.7 Å². The summed E-state index contributed by atoms with van der Waals surface area (Å²) in [7, 11) is 0. The van der Waals surface area contributed by atoms with E-state index in [9.17, 15) is 0 Å². The van der Waals surface area contributed by atoms with Crippen LogP contribution in [0.4, 0.5) is 45.5 Å². The number of rotatable bonds is 9. The molecule has 0 bridgehead atoms. The molecule has 2 aliphatic rings. The number of fused-ring (bicyclic) bond motifs is 5. The van der Waals surface area contributed by atoms with Gasteiger partial charge in [-0.3, -0.25) is 0 Å². The van der Waals surface area contributed by atoms with Crippen molar-refractivity contribution in [1.29, 1.82) is 0 Å². The lowest BCUT2D eigenvalue weighted by molar-refractivity contribution is 0.745. The largest absolute Gasteiger partial charge is 0.333 e. The van der Waals surface area contributed by atoms with Gasteiger partial charge in [-0.1, -0.05) is 176 Å². The van der Waals surface area contributed by atoms with Crippen molar-refractivity contribution in [3.8, 4) is 22.3 Å². The van der Waals surface area contributed by atoms with Crippen molar-refractivity contribution in [1.82, 2.24) is 0 Å². The fourth-order valence-corrected chi connectivity index (χ4v) is 10.1. The van der Waals surface area contributed by atoms with Gasteiger partial charge < -0.3 is 14.7 Å². The third-order valence-corrected chi connectivity index (χ3v) is 13.1. The minimum atomic E-state index is 0.226. The minimum Gasteiger partial charge on any atom is -0.333 e. The second-order valence-electron chi connectivity index (χ2n) is 16.9. The standard InChI is InChI=1S/C62H45N3/c1-4-16-44(17-5-1)46-28-33-51(34-29-46)63(53-37-30-45-18-10-11-19-48(45)42-53)52-35-31-47(32-36-52)55-39-41-61(57-25-13-12-24-56(55)57)64(49-20-6-2-7-21-49)54-38-40-62-59(43-54)58-26-14-15-27-60(58)65(62)50-22-8-3-9-23-50/h1-43,58,60H. The summed E-state index contributed by atoms with van der Waals surface area (Å²) in [6, 6.07) is 86.2. The van der Waals surface area contributed by atoms with E-state index in [2.05, 4.69) is 276 Å². The Morgan fingerprint density at radius 2 is 0.908 bits per heavy atom. The molecule has 0 radical (unpaired) electrons. The summed E-state index contributed by atoms with van der Waals surface area (Å²) in [5.41, 5.74) is 15.3. The fourth-order valence-electron chi connectivity index (χ4n) is 10.1. The molecular weight excluding hydrogens is 787 g/mol. The van der Waals surface area contributed by atoms with Gasteiger partial charge in [0.15, 0.2) is 0 Å². The summed E-state index contributed by atoms with van der Waals surface area (Å²) in [6.07, 6.45) is 9.09. The molecule has 1 aliphatic heterocycles. The molecule has 65 heavy (non-hydrogen) atoms. The van der Waals surface area contributed by atoms with Crippen LogP contribution in [0.15, 0.2) is 261 Å². The van der Waals surface area contributed by atoms with Crippen LogP contribution in [0, 0.1) is 0 Å². The van der Waals surface area contributed by atoms with E-state index in [4.69, 9.17) is 0 Å². The Morgan fingerprint density at radius 1 is 0.354 bits per heavy atom. The van der Waals surface area contributed by atoms with Gasteiger partial charge in [-0.15, -0.1) is 0 Å². The van der Waals surface area contributed by atoms with Gasteiger partial charge in [0, 0.05) is 51.1 Å². The highest BCUT2D eigenvalue weighted by molar-refractivity contribution is 6.06. The number of anilines is 8. The molecule has 0 spiro atoms. The van der Waals surface area contributed by atoms with E-state index in [1.807, 2.05) is 0 Å². The maximum absolute atomic E-state index is 2.49. The van der Waals surface area contributed by atoms with Crippen LogP contribution in [0.2, 0.25) is 0 Å². The highest BCUT2D eigenvalue weighted by Crippen LogP contribution is 2.51. The van der Waals surface area contributed by atoms with Crippen LogP contribution in [-0.2, 0) is 0 Å². The number of nitrogens with zero attached hydrogens (tertiary/aromatic N) is 3. The molecule has 1 aliphatic carbocycles. The summed E-state index contributed by atoms with van der Waals surface area (Å²) in [6.45, 7) is 0. The molecule has 3 nitrogen and oxygen atoms in total. The van der Waals surface area contributed by atoms with Crippen molar-refractivity contribution in [2.45, 2.75) is 12.0 Å². The zero-order valence-corrected chi connectivity index (χ0v) is 35.8. The van der Waals surface area contributed by atoms with E-state index in [1.165, 1.54) is 60.7 Å². The smallest absolute Gasteiger partial charge is 0.0629 e. The topological polar surface area (TPSA) is 9.72 Å². The molecule has 2 atom stereocenters. The average molecular weight is 832 g/mol. The quantitative estimate of drug-likeness (QED) is 0.143. The van der Waals surface area contributed by atoms with Gasteiger partial charge in [-0.25, -0.2) is 0 Å². The second kappa shape index (κ2) is 16.4. The molecule has 0 saturated carbocycles. The SMILES string of the molecule is C1=CC2c3cc(N(c4ccccc4)c4ccc(-c5ccc(N(c6ccc(-c7ccccc7)cc6)c6ccc7ccccc7c6)cc5)c5ccccc45)ccc3N(c3ccccc3)C2C=C1. The number of hydrogen-bond donors (Lipinski definition) is 0. The molecule has 3 heteroatoms. The zero-order chi connectivity index (χ0) is 43.1. The van der Waals surface area contributed by atoms with E-state index < -0.39 is 0 Å². The van der Waals surface area contributed by atoms with Crippen molar-refractivity contribution < 1.29 is 0 Å². The molecule has 10 aromatic rings. The van der Waals surface area contributed by atoms with E-state index in [0.717, 1.165) is 34.1 Å². The lowest BCUT2D eigenvalue weighted by Gasteiger charge is -2.29. The van der Waals surface area contributed by atoms with Gasteiger partial charge in [0.25, 0.3) is 0 Å². The molecule has 2 unspecified atom stereocenters. The van der Waals surface area contributed by atoms with Crippen LogP contribution in [0.5, 0.6) is 0 Å². The molecule has 0 aromatic heterocycles. The first-order valence-electron chi connectivity index (χ1n) is 22.5. The number of hydrogen-bond acceptors (Lipinski definition) is 3. The Morgan fingerprint density at radius 3 is 1.66 bits per heavy atom. The summed E-state index contributed by atoms with van der Waals surface area (Å²) in [5, 5.41) is 4.84. The van der Waals surface area contributed by atoms with Crippen molar-refractivity contribution in [3.05, 3.63) is 266 Å². The minimum absolute atomic E-state index is 0.226. The predicted octanol–water partition coefficient (Wildman–Crippen LogP) is 17.0. The average Bonchev–Trinajstić information content (AvgIpc) is 3.71. The summed E-state index contributed by atoms with van der Waals surface area (Å²) in [5.74, 6) is 0.251. The number of para-hydroxylation sites is 2. The predicted molar refractivity (Wildman–Crippen MR) is 275 cm³/mol. The van der Waals surface area contributed by atoms with Crippen LogP contribution in [0.1, 0.15) is 11.5 Å². The van der Waals surface area contributed by atoms with Crippen molar-refractivity contribution in [2.24, 2.45) is 0 Å². The molecule has 0 amide bonds. The summed E-state index contributed by atoms with van der Waals surface area (Å²) in [4.78, 5) is 7.29. The van der Waals surface area contributed by atoms with Crippen LogP contribution in [0.3, 0.4) is 0 Å². The van der Waals surface area contributed by atoms with Gasteiger partial charge in [0.2, 0.25) is 0 Å². The Hall–Kier alpha value is -8.40. The second-order valence-corrected chi connectivity index (χ2v) is 16.9. The lowest BCUT2D eigenvalue weighted by Crippen LogP contribution is -2.28. The van der Waals surface area contributed by atoms with Gasteiger partial charge in [0.1, 0.15) is 0 Å². The normalized spacial score (nSPS) is 14.9. The van der Waals surface area contributed by atoms with Gasteiger partial charge in [-0.05, 0) is 129 Å². The van der Waals surface area contributed by atoms with Crippen LogP contribution >= 0.6 is 0 Å². The van der Waals surface area contributed by atoms with E-state index in [-0.39, 0.29) is 12.0 Å². The third kappa shape index (κ3) is 6.95. The highest BCUT2D eigenvalue weighted by Gasteiger charge is 2.38. The molecule has 0 N–H and O–H groups in total. The number of allylic oxidation sites excluding steroid dienone is 2. The Kier molecular flexibility index (Phi) is 9.65. The summed E-state index contributed by atoms with van der Waals surface area (Å²) < 4.78 is 0. The molecule has 1 heterocycles. The molecular formula is C62H45N3. The maximum Gasteiger partial charge on any atom is 0.0629 e. The van der Waals surface area contributed by atoms with Crippen LogP contribution in [-0.4, -0.2) is 6.04 Å². The highest BCUT2D eigenvalue weighted by atomic mass is 15.2. The molecule has 0 saturated heterocycles. The first-order valence-corrected chi connectivity index (χ1v) is 22.5. The summed E-state index contributed by atoms with van der Waals surface area (Å²) >= 11 is 0. The Balaban J connectivity index is 0.938. The maximum atomic E-state index is 2.49. The molecule has 12 rings (SSSR count). The Bertz CT molecular complexity index is 3380. The van der Waals surface area contributed by atoms with Gasteiger partial charge in [-0.2, -0.15) is 0 Å². The van der Waals surface area contributed by atoms with E-state index >= 15 is 0 Å². The number of benzene rings is 10. The van der Waals surface area contributed by atoms with Crippen LogP contribution in [0.25, 0.3) is 43.8 Å². The van der Waals surface area contributed by atoms with Crippen molar-refractivity contribution in [3.63, 3.8) is 0 Å². The van der Waals surface area contributed by atoms with E-state index in [1.54, 1.807) is 0 Å². The molecule has 308 valence electrons. The fraction of sp³-hybridized carbons (Fsp3) is 0.0323. The first kappa shape index (κ1) is 38.3. The zero-order valence-electron chi connectivity index (χ0n) is 35.8. The molecule has 10 aromatic carbocycles. The Labute approximate surface area is 380 Å². The van der Waals surface area contributed by atoms with Gasteiger partial charge in [0.05, 0.1) is 11.7 Å². The monoisotopic (exact) mass is 831 g/mol. The third-order valence-electron chi connectivity index (χ3n) is 13.1. The van der Waals surface area contributed by atoms with Crippen molar-refractivity contribution >= 4 is 67.0 Å². The first-order chi connectivity index (χ1) is 32.2.